The molecule has 2 heterocycles. The second-order valence-corrected chi connectivity index (χ2v) is 4.61. The standard InChI is InChI=1S/C12H15ClN2O/c1-15-8-9(4-5-13)7-11-10(12(15)16)3-2-6-14-11/h2-3,6,9H,4-5,7-8H2,1H3. The highest BCUT2D eigenvalue weighted by molar-refractivity contribution is 6.17. The lowest BCUT2D eigenvalue weighted by molar-refractivity contribution is 0.0782. The van der Waals surface area contributed by atoms with Crippen molar-refractivity contribution in [1.29, 1.82) is 0 Å². The summed E-state index contributed by atoms with van der Waals surface area (Å²) in [6.07, 6.45) is 3.52. The molecule has 2 rings (SSSR count). The van der Waals surface area contributed by atoms with E-state index in [1.54, 1.807) is 11.1 Å². The number of nitrogens with zero attached hydrogens (tertiary/aromatic N) is 2. The van der Waals surface area contributed by atoms with Crippen molar-refractivity contribution < 1.29 is 4.79 Å². The van der Waals surface area contributed by atoms with Crippen LogP contribution < -0.4 is 0 Å². The minimum atomic E-state index is 0.0696. The Bertz CT molecular complexity index is 394. The number of aromatic nitrogens is 1. The largest absolute Gasteiger partial charge is 0.341 e. The number of rotatable bonds is 2. The average molecular weight is 239 g/mol. The van der Waals surface area contributed by atoms with E-state index in [4.69, 9.17) is 11.6 Å². The molecule has 0 N–H and O–H groups in total. The number of hydrogen-bond donors (Lipinski definition) is 0. The van der Waals surface area contributed by atoms with Gasteiger partial charge >= 0.3 is 0 Å². The van der Waals surface area contributed by atoms with Crippen LogP contribution in [-0.4, -0.2) is 35.3 Å². The van der Waals surface area contributed by atoms with Gasteiger partial charge in [0.05, 0.1) is 11.3 Å². The Labute approximate surface area is 100 Å². The Hall–Kier alpha value is -1.09. The van der Waals surface area contributed by atoms with Crippen molar-refractivity contribution >= 4 is 17.5 Å². The molecule has 0 spiro atoms. The fourth-order valence-electron chi connectivity index (χ4n) is 2.16. The quantitative estimate of drug-likeness (QED) is 0.738. The summed E-state index contributed by atoms with van der Waals surface area (Å²) in [6, 6.07) is 3.66. The van der Waals surface area contributed by atoms with Gasteiger partial charge < -0.3 is 4.90 Å². The summed E-state index contributed by atoms with van der Waals surface area (Å²) < 4.78 is 0. The van der Waals surface area contributed by atoms with Crippen LogP contribution >= 0.6 is 11.6 Å². The summed E-state index contributed by atoms with van der Waals surface area (Å²) in [5, 5.41) is 0. The van der Waals surface area contributed by atoms with Gasteiger partial charge in [-0.2, -0.15) is 0 Å². The van der Waals surface area contributed by atoms with Crippen LogP contribution in [0.1, 0.15) is 22.5 Å². The summed E-state index contributed by atoms with van der Waals surface area (Å²) >= 11 is 5.78. The smallest absolute Gasteiger partial charge is 0.255 e. The first kappa shape index (κ1) is 11.4. The van der Waals surface area contributed by atoms with E-state index in [1.807, 2.05) is 19.2 Å². The van der Waals surface area contributed by atoms with Crippen LogP contribution in [-0.2, 0) is 6.42 Å². The summed E-state index contributed by atoms with van der Waals surface area (Å²) in [5.41, 5.74) is 1.65. The highest BCUT2D eigenvalue weighted by Crippen LogP contribution is 2.21. The Morgan fingerprint density at radius 1 is 1.62 bits per heavy atom. The highest BCUT2D eigenvalue weighted by atomic mass is 35.5. The number of amides is 1. The van der Waals surface area contributed by atoms with Gasteiger partial charge in [0.2, 0.25) is 0 Å². The molecule has 4 heteroatoms. The van der Waals surface area contributed by atoms with E-state index in [-0.39, 0.29) is 5.91 Å². The van der Waals surface area contributed by atoms with Gasteiger partial charge in [-0.05, 0) is 30.9 Å². The molecule has 3 nitrogen and oxygen atoms in total. The molecule has 16 heavy (non-hydrogen) atoms. The number of hydrogen-bond acceptors (Lipinski definition) is 2. The van der Waals surface area contributed by atoms with Crippen LogP contribution in [0.15, 0.2) is 18.3 Å². The normalized spacial score (nSPS) is 20.5. The van der Waals surface area contributed by atoms with Gasteiger partial charge in [0.15, 0.2) is 0 Å². The summed E-state index contributed by atoms with van der Waals surface area (Å²) in [6.45, 7) is 0.766. The fraction of sp³-hybridized carbons (Fsp3) is 0.500. The minimum absolute atomic E-state index is 0.0696. The number of alkyl halides is 1. The van der Waals surface area contributed by atoms with Crippen molar-refractivity contribution in [3.63, 3.8) is 0 Å². The first-order chi connectivity index (χ1) is 7.72. The van der Waals surface area contributed by atoms with Gasteiger partial charge in [-0.15, -0.1) is 11.6 Å². The molecule has 0 aliphatic carbocycles. The van der Waals surface area contributed by atoms with E-state index in [9.17, 15) is 4.79 Å². The molecular weight excluding hydrogens is 224 g/mol. The van der Waals surface area contributed by atoms with Crippen LogP contribution in [0.2, 0.25) is 0 Å². The first-order valence-corrected chi connectivity index (χ1v) is 6.01. The lowest BCUT2D eigenvalue weighted by atomic mass is 9.99. The third-order valence-electron chi connectivity index (χ3n) is 3.00. The van der Waals surface area contributed by atoms with Crippen LogP contribution in [0.25, 0.3) is 0 Å². The Kier molecular flexibility index (Phi) is 3.44. The second kappa shape index (κ2) is 4.83. The lowest BCUT2D eigenvalue weighted by Gasteiger charge is -2.19. The van der Waals surface area contributed by atoms with Gasteiger partial charge in [-0.25, -0.2) is 0 Å². The Balaban J connectivity index is 2.32. The van der Waals surface area contributed by atoms with Crippen molar-refractivity contribution in [2.24, 2.45) is 5.92 Å². The molecule has 0 radical (unpaired) electrons. The van der Waals surface area contributed by atoms with Crippen molar-refractivity contribution in [2.45, 2.75) is 12.8 Å². The zero-order chi connectivity index (χ0) is 11.5. The van der Waals surface area contributed by atoms with E-state index in [2.05, 4.69) is 4.98 Å². The third kappa shape index (κ3) is 2.19. The number of halogens is 1. The predicted molar refractivity (Wildman–Crippen MR) is 63.7 cm³/mol. The van der Waals surface area contributed by atoms with Crippen molar-refractivity contribution in [1.82, 2.24) is 9.88 Å². The molecule has 1 aromatic heterocycles. The van der Waals surface area contributed by atoms with E-state index < -0.39 is 0 Å². The number of carbonyl (C=O) groups excluding carboxylic acids is 1. The van der Waals surface area contributed by atoms with E-state index in [0.29, 0.717) is 11.8 Å². The van der Waals surface area contributed by atoms with Crippen LogP contribution in [0, 0.1) is 5.92 Å². The number of carbonyl (C=O) groups is 1. The van der Waals surface area contributed by atoms with Gasteiger partial charge in [0.1, 0.15) is 0 Å². The summed E-state index contributed by atoms with van der Waals surface area (Å²) in [4.78, 5) is 18.1. The zero-order valence-electron chi connectivity index (χ0n) is 9.32. The molecule has 0 aromatic carbocycles. The monoisotopic (exact) mass is 238 g/mol. The molecule has 1 aliphatic heterocycles. The van der Waals surface area contributed by atoms with Crippen LogP contribution in [0.5, 0.6) is 0 Å². The highest BCUT2D eigenvalue weighted by Gasteiger charge is 2.25. The lowest BCUT2D eigenvalue weighted by Crippen LogP contribution is -2.29. The van der Waals surface area contributed by atoms with Gasteiger partial charge in [-0.3, -0.25) is 9.78 Å². The van der Waals surface area contributed by atoms with Crippen molar-refractivity contribution in [3.8, 4) is 0 Å². The molecule has 1 atom stereocenters. The fourth-order valence-corrected chi connectivity index (χ4v) is 2.47. The maximum Gasteiger partial charge on any atom is 0.255 e. The molecule has 1 amide bonds. The van der Waals surface area contributed by atoms with E-state index in [0.717, 1.165) is 30.6 Å². The molecule has 1 aromatic rings. The molecule has 0 saturated heterocycles. The molecule has 0 fully saturated rings. The van der Waals surface area contributed by atoms with Gasteiger partial charge in [0.25, 0.3) is 5.91 Å². The van der Waals surface area contributed by atoms with Gasteiger partial charge in [-0.1, -0.05) is 0 Å². The third-order valence-corrected chi connectivity index (χ3v) is 3.22. The minimum Gasteiger partial charge on any atom is -0.341 e. The maximum atomic E-state index is 12.0. The second-order valence-electron chi connectivity index (χ2n) is 4.23. The molecule has 1 aliphatic rings. The van der Waals surface area contributed by atoms with Gasteiger partial charge in [0, 0.05) is 25.7 Å². The van der Waals surface area contributed by atoms with Crippen LogP contribution in [0.4, 0.5) is 0 Å². The van der Waals surface area contributed by atoms with Crippen LogP contribution in [0.3, 0.4) is 0 Å². The SMILES string of the molecule is CN1CC(CCCl)Cc2ncccc2C1=O. The molecular formula is C12H15ClN2O. The Morgan fingerprint density at radius 2 is 2.44 bits per heavy atom. The number of pyridine rings is 1. The summed E-state index contributed by atoms with van der Waals surface area (Å²) in [7, 11) is 1.84. The maximum absolute atomic E-state index is 12.0. The summed E-state index contributed by atoms with van der Waals surface area (Å²) in [5.74, 6) is 1.12. The average Bonchev–Trinajstić information content (AvgIpc) is 2.39. The molecule has 1 unspecified atom stereocenters. The zero-order valence-corrected chi connectivity index (χ0v) is 10.1. The Morgan fingerprint density at radius 3 is 3.19 bits per heavy atom. The molecule has 0 bridgehead atoms. The van der Waals surface area contributed by atoms with Crippen molar-refractivity contribution in [2.75, 3.05) is 19.5 Å². The molecule has 86 valence electrons. The molecule has 0 saturated carbocycles. The number of fused-ring (bicyclic) bond motifs is 1. The van der Waals surface area contributed by atoms with Crippen molar-refractivity contribution in [3.05, 3.63) is 29.6 Å². The topological polar surface area (TPSA) is 33.2 Å². The first-order valence-electron chi connectivity index (χ1n) is 5.47. The van der Waals surface area contributed by atoms with E-state index >= 15 is 0 Å². The predicted octanol–water partition coefficient (Wildman–Crippen LogP) is 1.95. The van der Waals surface area contributed by atoms with E-state index in [1.165, 1.54) is 0 Å².